The number of rotatable bonds is 6. The molecule has 0 spiro atoms. The van der Waals surface area contributed by atoms with E-state index in [1.54, 1.807) is 6.08 Å². The van der Waals surface area contributed by atoms with Crippen molar-refractivity contribution in [1.29, 1.82) is 0 Å². The number of ether oxygens (including phenoxy) is 1. The Labute approximate surface area is 187 Å². The molecule has 8 nitrogen and oxygen atoms in total. The van der Waals surface area contributed by atoms with E-state index in [2.05, 4.69) is 15.3 Å². The van der Waals surface area contributed by atoms with E-state index in [9.17, 15) is 4.79 Å². The first-order chi connectivity index (χ1) is 14.6. The highest BCUT2D eigenvalue weighted by Crippen LogP contribution is 2.38. The van der Waals surface area contributed by atoms with Crippen LogP contribution in [0.1, 0.15) is 39.0 Å². The molecule has 3 rings (SSSR count). The molecule has 0 aliphatic carbocycles. The maximum Gasteiger partial charge on any atom is 0.492 e. The van der Waals surface area contributed by atoms with Gasteiger partial charge in [0.1, 0.15) is 17.5 Å². The summed E-state index contributed by atoms with van der Waals surface area (Å²) in [6, 6.07) is 9.42. The molecule has 2 heterocycles. The molecule has 2 aromatic rings. The molecule has 0 unspecified atom stereocenters. The lowest BCUT2D eigenvalue weighted by Crippen LogP contribution is -2.41. The Morgan fingerprint density at radius 1 is 1.23 bits per heavy atom. The van der Waals surface area contributed by atoms with E-state index in [4.69, 9.17) is 31.4 Å². The third-order valence-corrected chi connectivity index (χ3v) is 5.51. The molecular formula is C21H26BClN4O4. The second kappa shape index (κ2) is 9.26. The first-order valence-electron chi connectivity index (χ1n) is 9.86. The smallest absolute Gasteiger partial charge is 0.445 e. The summed E-state index contributed by atoms with van der Waals surface area (Å²) in [7, 11) is -0.712. The first-order valence-corrected chi connectivity index (χ1v) is 10.2. The van der Waals surface area contributed by atoms with Crippen LogP contribution in [-0.2, 0) is 20.7 Å². The van der Waals surface area contributed by atoms with Gasteiger partial charge in [-0.1, -0.05) is 41.9 Å². The van der Waals surface area contributed by atoms with Crippen LogP contribution in [0.3, 0.4) is 0 Å². The fourth-order valence-electron chi connectivity index (χ4n) is 2.82. The molecule has 10 heteroatoms. The number of alkyl carbamates (subject to hydrolysis) is 1. The molecule has 1 aromatic carbocycles. The molecule has 1 fully saturated rings. The van der Waals surface area contributed by atoms with Crippen molar-refractivity contribution in [1.82, 2.24) is 15.3 Å². The highest BCUT2D eigenvalue weighted by molar-refractivity contribution is 6.56. The second-order valence-electron chi connectivity index (χ2n) is 8.19. The fraction of sp³-hybridized carbons (Fsp3) is 0.381. The number of nitrogens with one attached hydrogen (secondary N) is 1. The average molecular weight is 445 g/mol. The summed E-state index contributed by atoms with van der Waals surface area (Å²) in [5.41, 5.74) is 6.74. The number of hydrogen-bond donors (Lipinski definition) is 2. The highest BCUT2D eigenvalue weighted by Gasteiger charge is 2.52. The maximum atomic E-state index is 12.2. The summed E-state index contributed by atoms with van der Waals surface area (Å²) >= 11 is 5.85. The van der Waals surface area contributed by atoms with Gasteiger partial charge in [0, 0.05) is 6.54 Å². The van der Waals surface area contributed by atoms with Crippen LogP contribution in [0.25, 0.3) is 6.08 Å². The number of carbonyl (C=O) groups is 1. The molecule has 31 heavy (non-hydrogen) atoms. The van der Waals surface area contributed by atoms with Crippen molar-refractivity contribution in [2.45, 2.75) is 45.5 Å². The summed E-state index contributed by atoms with van der Waals surface area (Å²) in [6.45, 7) is 8.06. The Kier molecular flexibility index (Phi) is 6.88. The lowest BCUT2D eigenvalue weighted by atomic mass is 9.77. The van der Waals surface area contributed by atoms with E-state index in [-0.39, 0.29) is 24.1 Å². The van der Waals surface area contributed by atoms with Gasteiger partial charge in [-0.05, 0) is 44.8 Å². The van der Waals surface area contributed by atoms with E-state index >= 15 is 0 Å². The molecule has 0 bridgehead atoms. The molecule has 3 N–H and O–H groups in total. The Hall–Kier alpha value is -2.62. The van der Waals surface area contributed by atoms with Crippen LogP contribution >= 0.6 is 11.6 Å². The summed E-state index contributed by atoms with van der Waals surface area (Å²) in [5.74, 6) is 0.160. The third kappa shape index (κ3) is 5.75. The minimum absolute atomic E-state index is 0.105. The minimum Gasteiger partial charge on any atom is -0.445 e. The zero-order chi connectivity index (χ0) is 22.6. The topological polar surface area (TPSA) is 109 Å². The van der Waals surface area contributed by atoms with Crippen LogP contribution in [0.5, 0.6) is 0 Å². The van der Waals surface area contributed by atoms with E-state index in [1.807, 2.05) is 58.0 Å². The largest absolute Gasteiger partial charge is 0.492 e. The van der Waals surface area contributed by atoms with Crippen molar-refractivity contribution in [3.05, 3.63) is 58.4 Å². The van der Waals surface area contributed by atoms with Crippen molar-refractivity contribution in [3.8, 4) is 0 Å². The van der Waals surface area contributed by atoms with Crippen molar-refractivity contribution in [3.63, 3.8) is 0 Å². The molecule has 1 aliphatic rings. The number of benzene rings is 1. The van der Waals surface area contributed by atoms with Gasteiger partial charge in [-0.2, -0.15) is 0 Å². The van der Waals surface area contributed by atoms with Gasteiger partial charge in [0.15, 0.2) is 5.82 Å². The van der Waals surface area contributed by atoms with Crippen molar-refractivity contribution < 1.29 is 18.8 Å². The van der Waals surface area contributed by atoms with E-state index in [1.165, 1.54) is 6.20 Å². The summed E-state index contributed by atoms with van der Waals surface area (Å²) in [4.78, 5) is 20.5. The molecule has 1 amide bonds. The van der Waals surface area contributed by atoms with Gasteiger partial charge in [0.2, 0.25) is 0 Å². The van der Waals surface area contributed by atoms with Gasteiger partial charge in [-0.3, -0.25) is 0 Å². The quantitative estimate of drug-likeness (QED) is 0.654. The Morgan fingerprint density at radius 2 is 1.87 bits per heavy atom. The molecule has 1 aliphatic heterocycles. The van der Waals surface area contributed by atoms with E-state index < -0.39 is 24.4 Å². The number of hydrogen-bond acceptors (Lipinski definition) is 7. The van der Waals surface area contributed by atoms with Gasteiger partial charge < -0.3 is 25.1 Å². The standard InChI is InChI=1S/C21H26BClN4O4/c1-20(2)21(3,4)31-22(30-20)15(10-16-18(24)27-17(23)12-25-16)11-26-19(28)29-13-14-8-6-5-7-9-14/h5-10,12H,11,13H2,1-4H3,(H2,24,27)(H,26,28). The summed E-state index contributed by atoms with van der Waals surface area (Å²) in [6.07, 6.45) is 2.51. The van der Waals surface area contributed by atoms with Gasteiger partial charge in [-0.15, -0.1) is 0 Å². The average Bonchev–Trinajstić information content (AvgIpc) is 2.93. The molecule has 1 aromatic heterocycles. The minimum atomic E-state index is -0.712. The number of nitrogens with two attached hydrogens (primary N) is 1. The lowest BCUT2D eigenvalue weighted by molar-refractivity contribution is 0.00578. The normalized spacial score (nSPS) is 17.5. The fourth-order valence-corrected chi connectivity index (χ4v) is 2.96. The second-order valence-corrected chi connectivity index (χ2v) is 8.57. The van der Waals surface area contributed by atoms with Crippen LogP contribution in [0.15, 0.2) is 42.0 Å². The molecule has 0 atom stereocenters. The van der Waals surface area contributed by atoms with Gasteiger partial charge in [-0.25, -0.2) is 14.8 Å². The van der Waals surface area contributed by atoms with Crippen LogP contribution in [0.4, 0.5) is 10.6 Å². The van der Waals surface area contributed by atoms with Crippen LogP contribution in [0, 0.1) is 0 Å². The summed E-state index contributed by atoms with van der Waals surface area (Å²) in [5, 5.41) is 2.92. The number of nitrogens with zero attached hydrogens (tertiary/aromatic N) is 2. The Morgan fingerprint density at radius 3 is 2.48 bits per heavy atom. The Balaban J connectivity index is 1.74. The van der Waals surface area contributed by atoms with Crippen LogP contribution in [0.2, 0.25) is 5.15 Å². The predicted molar refractivity (Wildman–Crippen MR) is 120 cm³/mol. The number of anilines is 1. The molecular weight excluding hydrogens is 419 g/mol. The van der Waals surface area contributed by atoms with Crippen molar-refractivity contribution >= 4 is 36.7 Å². The van der Waals surface area contributed by atoms with Gasteiger partial charge in [0.25, 0.3) is 0 Å². The van der Waals surface area contributed by atoms with Crippen LogP contribution < -0.4 is 11.1 Å². The number of aromatic nitrogens is 2. The zero-order valence-electron chi connectivity index (χ0n) is 18.0. The summed E-state index contributed by atoms with van der Waals surface area (Å²) < 4.78 is 17.5. The van der Waals surface area contributed by atoms with Crippen molar-refractivity contribution in [2.24, 2.45) is 0 Å². The monoisotopic (exact) mass is 444 g/mol. The van der Waals surface area contributed by atoms with Crippen LogP contribution in [-0.4, -0.2) is 40.9 Å². The predicted octanol–water partition coefficient (Wildman–Crippen LogP) is 3.65. The van der Waals surface area contributed by atoms with E-state index in [0.717, 1.165) is 5.56 Å². The maximum absolute atomic E-state index is 12.2. The molecule has 0 radical (unpaired) electrons. The number of halogens is 1. The molecule has 164 valence electrons. The number of nitrogen functional groups attached to an aromatic ring is 1. The first kappa shape index (κ1) is 23.1. The molecule has 1 saturated heterocycles. The molecule has 0 saturated carbocycles. The van der Waals surface area contributed by atoms with Gasteiger partial charge >= 0.3 is 13.2 Å². The lowest BCUT2D eigenvalue weighted by Gasteiger charge is -2.32. The van der Waals surface area contributed by atoms with E-state index in [0.29, 0.717) is 11.2 Å². The van der Waals surface area contributed by atoms with Gasteiger partial charge in [0.05, 0.1) is 17.4 Å². The SMILES string of the molecule is CC1(C)OB(C(=Cc2ncc(Cl)nc2N)CNC(=O)OCc2ccccc2)OC1(C)C. The van der Waals surface area contributed by atoms with Crippen molar-refractivity contribution in [2.75, 3.05) is 12.3 Å². The highest BCUT2D eigenvalue weighted by atomic mass is 35.5. The third-order valence-electron chi connectivity index (χ3n) is 5.33. The number of amides is 1. The number of carbonyl (C=O) groups excluding carboxylic acids is 1. The zero-order valence-corrected chi connectivity index (χ0v) is 18.8. The Bertz CT molecular complexity index is 953.